The minimum atomic E-state index is -0.0781. The van der Waals surface area contributed by atoms with E-state index in [1.165, 1.54) is 0 Å². The number of carbonyl (C=O) groups is 2. The van der Waals surface area contributed by atoms with Crippen molar-refractivity contribution in [2.24, 2.45) is 11.8 Å². The van der Waals surface area contributed by atoms with Gasteiger partial charge in [0.25, 0.3) is 5.91 Å². The van der Waals surface area contributed by atoms with Gasteiger partial charge in [-0.15, -0.1) is 0 Å². The molecule has 0 radical (unpaired) electrons. The standard InChI is InChI=1S/C25H37ClN2O4/c1-4-6-15-32-23-21(26)16-20(17-22(23)31-5-2)25(30)28-13-9-19(10-14-28)24(29)27-11-7-18(3)8-12-27/h16-19H,4-15H2,1-3H3. The normalized spacial score (nSPS) is 18.0. The summed E-state index contributed by atoms with van der Waals surface area (Å²) in [7, 11) is 0. The summed E-state index contributed by atoms with van der Waals surface area (Å²) >= 11 is 6.47. The Hall–Kier alpha value is -1.95. The topological polar surface area (TPSA) is 59.1 Å². The quantitative estimate of drug-likeness (QED) is 0.506. The Labute approximate surface area is 197 Å². The summed E-state index contributed by atoms with van der Waals surface area (Å²) in [5, 5.41) is 0.389. The Morgan fingerprint density at radius 3 is 2.28 bits per heavy atom. The lowest BCUT2D eigenvalue weighted by atomic mass is 9.92. The molecule has 178 valence electrons. The summed E-state index contributed by atoms with van der Waals surface area (Å²) in [5.41, 5.74) is 0.496. The number of likely N-dealkylation sites (tertiary alicyclic amines) is 2. The highest BCUT2D eigenvalue weighted by Gasteiger charge is 2.32. The number of hydrogen-bond donors (Lipinski definition) is 0. The largest absolute Gasteiger partial charge is 0.490 e. The smallest absolute Gasteiger partial charge is 0.254 e. The molecule has 0 aromatic heterocycles. The van der Waals surface area contributed by atoms with E-state index in [1.54, 1.807) is 12.1 Å². The Balaban J connectivity index is 1.62. The molecule has 2 fully saturated rings. The third kappa shape index (κ3) is 6.09. The number of halogens is 1. The molecule has 2 aliphatic heterocycles. The lowest BCUT2D eigenvalue weighted by molar-refractivity contribution is -0.138. The second kappa shape index (κ2) is 11.8. The van der Waals surface area contributed by atoms with E-state index in [-0.39, 0.29) is 17.7 Å². The van der Waals surface area contributed by atoms with E-state index in [1.807, 2.05) is 16.7 Å². The molecule has 6 nitrogen and oxygen atoms in total. The Bertz CT molecular complexity index is 784. The highest BCUT2D eigenvalue weighted by Crippen LogP contribution is 2.37. The van der Waals surface area contributed by atoms with Crippen molar-refractivity contribution in [2.45, 2.75) is 59.3 Å². The summed E-state index contributed by atoms with van der Waals surface area (Å²) < 4.78 is 11.5. The van der Waals surface area contributed by atoms with Gasteiger partial charge >= 0.3 is 0 Å². The van der Waals surface area contributed by atoms with Gasteiger partial charge in [0.15, 0.2) is 11.5 Å². The van der Waals surface area contributed by atoms with Crippen molar-refractivity contribution in [2.75, 3.05) is 39.4 Å². The van der Waals surface area contributed by atoms with Gasteiger partial charge in [0.1, 0.15) is 0 Å². The molecule has 2 heterocycles. The zero-order valence-electron chi connectivity index (χ0n) is 19.7. The monoisotopic (exact) mass is 464 g/mol. The lowest BCUT2D eigenvalue weighted by Gasteiger charge is -2.36. The third-order valence-corrected chi connectivity index (χ3v) is 6.81. The highest BCUT2D eigenvalue weighted by molar-refractivity contribution is 6.32. The molecular formula is C25H37ClN2O4. The Morgan fingerprint density at radius 1 is 1.00 bits per heavy atom. The predicted molar refractivity (Wildman–Crippen MR) is 127 cm³/mol. The summed E-state index contributed by atoms with van der Waals surface area (Å²) in [6.07, 6.45) is 5.54. The second-order valence-electron chi connectivity index (χ2n) is 8.99. The van der Waals surface area contributed by atoms with Gasteiger partial charge in [0.05, 0.1) is 18.2 Å². The molecule has 7 heteroatoms. The van der Waals surface area contributed by atoms with Crippen LogP contribution in [0.2, 0.25) is 5.02 Å². The first kappa shape index (κ1) is 24.7. The van der Waals surface area contributed by atoms with Gasteiger partial charge in [0.2, 0.25) is 5.91 Å². The van der Waals surface area contributed by atoms with Crippen LogP contribution < -0.4 is 9.47 Å². The Morgan fingerprint density at radius 2 is 1.66 bits per heavy atom. The number of unbranched alkanes of at least 4 members (excludes halogenated alkanes) is 1. The first-order valence-corrected chi connectivity index (χ1v) is 12.5. The van der Waals surface area contributed by atoms with Crippen molar-refractivity contribution in [1.82, 2.24) is 9.80 Å². The van der Waals surface area contributed by atoms with Crippen LogP contribution in [0.25, 0.3) is 0 Å². The van der Waals surface area contributed by atoms with Crippen molar-refractivity contribution in [3.05, 3.63) is 22.7 Å². The van der Waals surface area contributed by atoms with Gasteiger partial charge in [-0.2, -0.15) is 0 Å². The first-order chi connectivity index (χ1) is 15.4. The second-order valence-corrected chi connectivity index (χ2v) is 9.40. The maximum absolute atomic E-state index is 13.2. The number of amides is 2. The van der Waals surface area contributed by atoms with Crippen LogP contribution in [-0.2, 0) is 4.79 Å². The first-order valence-electron chi connectivity index (χ1n) is 12.1. The molecule has 2 amide bonds. The van der Waals surface area contributed by atoms with Crippen LogP contribution in [0.5, 0.6) is 11.5 Å². The summed E-state index contributed by atoms with van der Waals surface area (Å²) in [6.45, 7) is 10.1. The summed E-state index contributed by atoms with van der Waals surface area (Å²) in [4.78, 5) is 29.9. The van der Waals surface area contributed by atoms with E-state index in [0.717, 1.165) is 38.8 Å². The van der Waals surface area contributed by atoms with Crippen LogP contribution in [-0.4, -0.2) is 61.0 Å². The minimum absolute atomic E-state index is 0.0179. The molecule has 1 aromatic rings. The number of benzene rings is 1. The van der Waals surface area contributed by atoms with E-state index in [9.17, 15) is 9.59 Å². The average molecular weight is 465 g/mol. The zero-order valence-corrected chi connectivity index (χ0v) is 20.5. The van der Waals surface area contributed by atoms with Gasteiger partial charge < -0.3 is 19.3 Å². The van der Waals surface area contributed by atoms with E-state index in [2.05, 4.69) is 13.8 Å². The number of nitrogens with zero attached hydrogens (tertiary/aromatic N) is 2. The molecule has 0 N–H and O–H groups in total. The van der Waals surface area contributed by atoms with Gasteiger partial charge in [0, 0.05) is 37.7 Å². The fourth-order valence-electron chi connectivity index (χ4n) is 4.41. The van der Waals surface area contributed by atoms with Crippen LogP contribution in [0, 0.1) is 11.8 Å². The van der Waals surface area contributed by atoms with E-state index < -0.39 is 0 Å². The molecule has 3 rings (SSSR count). The van der Waals surface area contributed by atoms with Crippen LogP contribution in [0.3, 0.4) is 0 Å². The highest BCUT2D eigenvalue weighted by atomic mass is 35.5. The van der Waals surface area contributed by atoms with Crippen molar-refractivity contribution in [3.63, 3.8) is 0 Å². The lowest BCUT2D eigenvalue weighted by Crippen LogP contribution is -2.46. The number of carbonyl (C=O) groups excluding carboxylic acids is 2. The molecule has 0 aliphatic carbocycles. The average Bonchev–Trinajstić information content (AvgIpc) is 2.80. The van der Waals surface area contributed by atoms with Crippen molar-refractivity contribution in [3.8, 4) is 11.5 Å². The van der Waals surface area contributed by atoms with Crippen LogP contribution >= 0.6 is 11.6 Å². The SMILES string of the molecule is CCCCOc1c(Cl)cc(C(=O)N2CCC(C(=O)N3CCC(C)CC3)CC2)cc1OCC. The molecule has 1 aromatic carbocycles. The molecule has 2 aliphatic rings. The molecular weight excluding hydrogens is 428 g/mol. The number of piperidine rings is 2. The fraction of sp³-hybridized carbons (Fsp3) is 0.680. The fourth-order valence-corrected chi connectivity index (χ4v) is 4.68. The molecule has 0 bridgehead atoms. The van der Waals surface area contributed by atoms with Crippen LogP contribution in [0.4, 0.5) is 0 Å². The van der Waals surface area contributed by atoms with Gasteiger partial charge in [-0.05, 0) is 57.1 Å². The van der Waals surface area contributed by atoms with Crippen molar-refractivity contribution < 1.29 is 19.1 Å². The Kier molecular flexibility index (Phi) is 9.09. The van der Waals surface area contributed by atoms with E-state index in [4.69, 9.17) is 21.1 Å². The molecule has 0 spiro atoms. The van der Waals surface area contributed by atoms with Crippen LogP contribution in [0.15, 0.2) is 12.1 Å². The number of hydrogen-bond acceptors (Lipinski definition) is 4. The van der Waals surface area contributed by atoms with Crippen LogP contribution in [0.1, 0.15) is 69.7 Å². The predicted octanol–water partition coefficient (Wildman–Crippen LogP) is 5.03. The van der Waals surface area contributed by atoms with Crippen molar-refractivity contribution in [1.29, 1.82) is 0 Å². The summed E-state index contributed by atoms with van der Waals surface area (Å²) in [6, 6.07) is 3.39. The van der Waals surface area contributed by atoms with E-state index >= 15 is 0 Å². The molecule has 0 atom stereocenters. The maximum atomic E-state index is 13.2. The third-order valence-electron chi connectivity index (χ3n) is 6.53. The maximum Gasteiger partial charge on any atom is 0.254 e. The van der Waals surface area contributed by atoms with Gasteiger partial charge in [-0.25, -0.2) is 0 Å². The van der Waals surface area contributed by atoms with Gasteiger partial charge in [-0.1, -0.05) is 31.9 Å². The number of rotatable bonds is 8. The molecule has 32 heavy (non-hydrogen) atoms. The molecule has 2 saturated heterocycles. The summed E-state index contributed by atoms with van der Waals surface area (Å²) in [5.74, 6) is 1.91. The molecule has 0 saturated carbocycles. The van der Waals surface area contributed by atoms with Crippen molar-refractivity contribution >= 4 is 23.4 Å². The zero-order chi connectivity index (χ0) is 23.1. The number of ether oxygens (including phenoxy) is 2. The van der Waals surface area contributed by atoms with E-state index in [0.29, 0.717) is 67.1 Å². The molecule has 0 unspecified atom stereocenters. The van der Waals surface area contributed by atoms with Gasteiger partial charge in [-0.3, -0.25) is 9.59 Å². The minimum Gasteiger partial charge on any atom is -0.490 e.